The van der Waals surface area contributed by atoms with Crippen molar-refractivity contribution in [3.63, 3.8) is 0 Å². The fraction of sp³-hybridized carbons (Fsp3) is 1.00. The molecule has 4 nitrogen and oxygen atoms in total. The van der Waals surface area contributed by atoms with E-state index in [9.17, 15) is 5.11 Å². The summed E-state index contributed by atoms with van der Waals surface area (Å²) < 4.78 is 5.36. The van der Waals surface area contributed by atoms with Gasteiger partial charge >= 0.3 is 0 Å². The Morgan fingerprint density at radius 3 is 3.06 bits per heavy atom. The van der Waals surface area contributed by atoms with E-state index in [1.54, 1.807) is 7.11 Å². The summed E-state index contributed by atoms with van der Waals surface area (Å²) in [6.07, 6.45) is 3.53. The number of β-amino-alcohol motifs (C(OH)–C–C–N with tert-alkyl or cyclic N) is 1. The summed E-state index contributed by atoms with van der Waals surface area (Å²) in [4.78, 5) is 2.30. The van der Waals surface area contributed by atoms with Crippen LogP contribution in [0.5, 0.6) is 0 Å². The second-order valence-electron chi connectivity index (χ2n) is 4.62. The summed E-state index contributed by atoms with van der Waals surface area (Å²) in [5.74, 6) is 0. The fourth-order valence-electron chi connectivity index (χ4n) is 2.18. The van der Waals surface area contributed by atoms with Crippen molar-refractivity contribution in [2.24, 2.45) is 0 Å². The first kappa shape index (κ1) is 13.9. The van der Waals surface area contributed by atoms with E-state index in [-0.39, 0.29) is 6.10 Å². The second kappa shape index (κ2) is 8.01. The molecule has 0 radical (unpaired) electrons. The number of piperidine rings is 1. The average Bonchev–Trinajstić information content (AvgIpc) is 2.29. The van der Waals surface area contributed by atoms with Crippen LogP contribution in [-0.2, 0) is 4.74 Å². The van der Waals surface area contributed by atoms with Gasteiger partial charge in [0.25, 0.3) is 0 Å². The van der Waals surface area contributed by atoms with Crippen LogP contribution in [0.2, 0.25) is 0 Å². The third-order valence-corrected chi connectivity index (χ3v) is 3.07. The number of hydrogen-bond donors (Lipinski definition) is 2. The summed E-state index contributed by atoms with van der Waals surface area (Å²) in [6.45, 7) is 6.62. The lowest BCUT2D eigenvalue weighted by molar-refractivity contribution is 0.0133. The van der Waals surface area contributed by atoms with E-state index >= 15 is 0 Å². The minimum Gasteiger partial charge on any atom is -0.390 e. The van der Waals surface area contributed by atoms with E-state index in [1.165, 1.54) is 6.42 Å². The minimum absolute atomic E-state index is 0.262. The predicted octanol–water partition coefficient (Wildman–Crippen LogP) is 0.458. The van der Waals surface area contributed by atoms with Crippen molar-refractivity contribution in [1.82, 2.24) is 10.2 Å². The molecule has 0 amide bonds. The van der Waals surface area contributed by atoms with Gasteiger partial charge in [-0.2, -0.15) is 0 Å². The Labute approximate surface area is 99.0 Å². The lowest BCUT2D eigenvalue weighted by atomic mass is 10.1. The Bertz CT molecular complexity index is 178. The molecule has 1 fully saturated rings. The lowest BCUT2D eigenvalue weighted by Gasteiger charge is -2.33. The van der Waals surface area contributed by atoms with Gasteiger partial charge in [0.2, 0.25) is 0 Å². The zero-order valence-corrected chi connectivity index (χ0v) is 10.6. The monoisotopic (exact) mass is 230 g/mol. The molecular weight excluding hydrogens is 204 g/mol. The highest BCUT2D eigenvalue weighted by Gasteiger charge is 2.20. The molecule has 1 aliphatic heterocycles. The second-order valence-corrected chi connectivity index (χ2v) is 4.62. The molecule has 16 heavy (non-hydrogen) atoms. The van der Waals surface area contributed by atoms with E-state index in [0.717, 1.165) is 39.0 Å². The topological polar surface area (TPSA) is 44.7 Å². The van der Waals surface area contributed by atoms with Crippen LogP contribution < -0.4 is 5.32 Å². The molecule has 1 rings (SSSR count). The number of nitrogens with zero attached hydrogens (tertiary/aromatic N) is 1. The van der Waals surface area contributed by atoms with Crippen LogP contribution in [0.25, 0.3) is 0 Å². The van der Waals surface area contributed by atoms with Gasteiger partial charge in [0.05, 0.1) is 12.2 Å². The SMILES string of the molecule is CCCNCC(O)CN1CCCC(OC)C1. The quantitative estimate of drug-likeness (QED) is 0.624. The molecule has 0 aromatic rings. The van der Waals surface area contributed by atoms with Crippen molar-refractivity contribution < 1.29 is 9.84 Å². The predicted molar refractivity (Wildman–Crippen MR) is 65.6 cm³/mol. The first-order chi connectivity index (χ1) is 7.76. The summed E-state index contributed by atoms with van der Waals surface area (Å²) >= 11 is 0. The molecule has 4 heteroatoms. The smallest absolute Gasteiger partial charge is 0.0791 e. The maximum Gasteiger partial charge on any atom is 0.0791 e. The van der Waals surface area contributed by atoms with E-state index < -0.39 is 0 Å². The standard InChI is InChI=1S/C12H26N2O2/c1-3-6-13-8-11(15)9-14-7-4-5-12(10-14)16-2/h11-13,15H,3-10H2,1-2H3. The van der Waals surface area contributed by atoms with Gasteiger partial charge in [-0.25, -0.2) is 0 Å². The molecule has 2 atom stereocenters. The molecule has 1 aliphatic rings. The molecule has 1 heterocycles. The van der Waals surface area contributed by atoms with Gasteiger partial charge in [0.15, 0.2) is 0 Å². The minimum atomic E-state index is -0.262. The number of methoxy groups -OCH3 is 1. The maximum atomic E-state index is 9.84. The van der Waals surface area contributed by atoms with Gasteiger partial charge in [0, 0.05) is 26.7 Å². The summed E-state index contributed by atoms with van der Waals surface area (Å²) in [6, 6.07) is 0. The lowest BCUT2D eigenvalue weighted by Crippen LogP contribution is -2.45. The van der Waals surface area contributed by atoms with Crippen LogP contribution >= 0.6 is 0 Å². The Kier molecular flexibility index (Phi) is 6.96. The van der Waals surface area contributed by atoms with Crippen LogP contribution in [0.1, 0.15) is 26.2 Å². The van der Waals surface area contributed by atoms with Crippen molar-refractivity contribution in [1.29, 1.82) is 0 Å². The van der Waals surface area contributed by atoms with Crippen molar-refractivity contribution in [2.45, 2.75) is 38.4 Å². The Balaban J connectivity index is 2.14. The maximum absolute atomic E-state index is 9.84. The largest absolute Gasteiger partial charge is 0.390 e. The number of aliphatic hydroxyl groups excluding tert-OH is 1. The normalized spacial score (nSPS) is 24.6. The number of rotatable bonds is 7. The number of likely N-dealkylation sites (tertiary alicyclic amines) is 1. The molecule has 0 aliphatic carbocycles. The molecule has 0 aromatic carbocycles. The van der Waals surface area contributed by atoms with E-state index in [0.29, 0.717) is 12.6 Å². The first-order valence-corrected chi connectivity index (χ1v) is 6.40. The molecule has 0 aromatic heterocycles. The molecule has 0 spiro atoms. The Morgan fingerprint density at radius 2 is 2.38 bits per heavy atom. The fourth-order valence-corrected chi connectivity index (χ4v) is 2.18. The average molecular weight is 230 g/mol. The summed E-state index contributed by atoms with van der Waals surface area (Å²) in [5, 5.41) is 13.1. The number of nitrogens with one attached hydrogen (secondary N) is 1. The van der Waals surface area contributed by atoms with Gasteiger partial charge in [-0.3, -0.25) is 4.90 Å². The molecular formula is C12H26N2O2. The van der Waals surface area contributed by atoms with Gasteiger partial charge in [-0.05, 0) is 32.4 Å². The van der Waals surface area contributed by atoms with Crippen molar-refractivity contribution >= 4 is 0 Å². The number of aliphatic hydroxyl groups is 1. The van der Waals surface area contributed by atoms with Crippen LogP contribution in [0, 0.1) is 0 Å². The zero-order chi connectivity index (χ0) is 11.8. The Morgan fingerprint density at radius 1 is 1.56 bits per heavy atom. The zero-order valence-electron chi connectivity index (χ0n) is 10.6. The van der Waals surface area contributed by atoms with Gasteiger partial charge in [0.1, 0.15) is 0 Å². The molecule has 96 valence electrons. The van der Waals surface area contributed by atoms with Gasteiger partial charge in [-0.15, -0.1) is 0 Å². The number of ether oxygens (including phenoxy) is 1. The van der Waals surface area contributed by atoms with Crippen LogP contribution in [0.4, 0.5) is 0 Å². The molecule has 2 N–H and O–H groups in total. The first-order valence-electron chi connectivity index (χ1n) is 6.40. The van der Waals surface area contributed by atoms with Crippen molar-refractivity contribution in [3.8, 4) is 0 Å². The Hall–Kier alpha value is -0.160. The van der Waals surface area contributed by atoms with Crippen LogP contribution in [0.15, 0.2) is 0 Å². The van der Waals surface area contributed by atoms with Gasteiger partial charge in [-0.1, -0.05) is 6.92 Å². The summed E-state index contributed by atoms with van der Waals surface area (Å²) in [7, 11) is 1.77. The molecule has 0 saturated carbocycles. The molecule has 2 unspecified atom stereocenters. The van der Waals surface area contributed by atoms with Crippen molar-refractivity contribution in [3.05, 3.63) is 0 Å². The summed E-state index contributed by atoms with van der Waals surface area (Å²) in [5.41, 5.74) is 0. The van der Waals surface area contributed by atoms with Gasteiger partial charge < -0.3 is 15.2 Å². The van der Waals surface area contributed by atoms with E-state index in [4.69, 9.17) is 4.74 Å². The molecule has 1 saturated heterocycles. The molecule has 0 bridgehead atoms. The highest BCUT2D eigenvalue weighted by atomic mass is 16.5. The van der Waals surface area contributed by atoms with E-state index in [1.807, 2.05) is 0 Å². The van der Waals surface area contributed by atoms with Crippen molar-refractivity contribution in [2.75, 3.05) is 39.8 Å². The third kappa shape index (κ3) is 5.25. The third-order valence-electron chi connectivity index (χ3n) is 3.07. The van der Waals surface area contributed by atoms with Crippen LogP contribution in [-0.4, -0.2) is 62.0 Å². The highest BCUT2D eigenvalue weighted by Crippen LogP contribution is 2.12. The highest BCUT2D eigenvalue weighted by molar-refractivity contribution is 4.75. The number of hydrogen-bond acceptors (Lipinski definition) is 4. The van der Waals surface area contributed by atoms with E-state index in [2.05, 4.69) is 17.1 Å². The van der Waals surface area contributed by atoms with Crippen LogP contribution in [0.3, 0.4) is 0 Å².